The first-order chi connectivity index (χ1) is 6.19. The molecule has 2 N–H and O–H groups in total. The quantitative estimate of drug-likeness (QED) is 0.622. The summed E-state index contributed by atoms with van der Waals surface area (Å²) in [5, 5.41) is 0. The fourth-order valence-electron chi connectivity index (χ4n) is 1.78. The second-order valence-corrected chi connectivity index (χ2v) is 3.66. The van der Waals surface area contributed by atoms with Gasteiger partial charge in [0.15, 0.2) is 0 Å². The van der Waals surface area contributed by atoms with Crippen molar-refractivity contribution < 1.29 is 9.53 Å². The average molecular weight is 186 g/mol. The highest BCUT2D eigenvalue weighted by Gasteiger charge is 2.30. The summed E-state index contributed by atoms with van der Waals surface area (Å²) in [6, 6.07) is -0.241. The molecule has 0 aromatic heterocycles. The average Bonchev–Trinajstić information content (AvgIpc) is 2.53. The Morgan fingerprint density at radius 1 is 1.77 bits per heavy atom. The van der Waals surface area contributed by atoms with Gasteiger partial charge in [0.2, 0.25) is 0 Å². The van der Waals surface area contributed by atoms with Crippen molar-refractivity contribution in [2.24, 2.45) is 11.7 Å². The van der Waals surface area contributed by atoms with Crippen molar-refractivity contribution in [3.8, 4) is 0 Å². The third-order valence-electron chi connectivity index (χ3n) is 2.59. The smallest absolute Gasteiger partial charge is 0.324 e. The fourth-order valence-corrected chi connectivity index (χ4v) is 1.78. The molecule has 76 valence electrons. The molecule has 4 heteroatoms. The van der Waals surface area contributed by atoms with Crippen molar-refractivity contribution in [1.82, 2.24) is 4.90 Å². The summed E-state index contributed by atoms with van der Waals surface area (Å²) in [4.78, 5) is 13.4. The highest BCUT2D eigenvalue weighted by Crippen LogP contribution is 2.17. The SMILES string of the molecule is COC(=O)C(CN)N1CCC(C)C1. The highest BCUT2D eigenvalue weighted by molar-refractivity contribution is 5.75. The number of carbonyl (C=O) groups is 1. The van der Waals surface area contributed by atoms with Gasteiger partial charge in [0.1, 0.15) is 6.04 Å². The Kier molecular flexibility index (Phi) is 3.69. The molecule has 1 fully saturated rings. The minimum atomic E-state index is -0.241. The van der Waals surface area contributed by atoms with E-state index < -0.39 is 0 Å². The lowest BCUT2D eigenvalue weighted by Crippen LogP contribution is -2.45. The van der Waals surface area contributed by atoms with Crippen LogP contribution in [0.25, 0.3) is 0 Å². The number of likely N-dealkylation sites (tertiary alicyclic amines) is 1. The predicted octanol–water partition coefficient (Wildman–Crippen LogP) is -0.171. The third-order valence-corrected chi connectivity index (χ3v) is 2.59. The maximum absolute atomic E-state index is 11.3. The number of ether oxygens (including phenoxy) is 1. The second kappa shape index (κ2) is 4.58. The van der Waals surface area contributed by atoms with Gasteiger partial charge in [-0.15, -0.1) is 0 Å². The number of nitrogens with zero attached hydrogens (tertiary/aromatic N) is 1. The molecule has 0 aromatic carbocycles. The van der Waals surface area contributed by atoms with Gasteiger partial charge < -0.3 is 10.5 Å². The summed E-state index contributed by atoms with van der Waals surface area (Å²) in [6.45, 7) is 4.44. The minimum absolute atomic E-state index is 0.211. The van der Waals surface area contributed by atoms with E-state index in [2.05, 4.69) is 11.8 Å². The Morgan fingerprint density at radius 2 is 2.46 bits per heavy atom. The van der Waals surface area contributed by atoms with Gasteiger partial charge in [-0.25, -0.2) is 0 Å². The van der Waals surface area contributed by atoms with Gasteiger partial charge in [0.05, 0.1) is 7.11 Å². The Labute approximate surface area is 79.0 Å². The molecule has 1 aliphatic heterocycles. The molecule has 0 saturated carbocycles. The molecule has 1 aliphatic rings. The van der Waals surface area contributed by atoms with Crippen molar-refractivity contribution in [3.05, 3.63) is 0 Å². The van der Waals surface area contributed by atoms with E-state index in [1.807, 2.05) is 0 Å². The lowest BCUT2D eigenvalue weighted by molar-refractivity contribution is -0.146. The molecular weight excluding hydrogens is 168 g/mol. The van der Waals surface area contributed by atoms with Gasteiger partial charge in [-0.2, -0.15) is 0 Å². The minimum Gasteiger partial charge on any atom is -0.468 e. The van der Waals surface area contributed by atoms with E-state index in [9.17, 15) is 4.79 Å². The highest BCUT2D eigenvalue weighted by atomic mass is 16.5. The van der Waals surface area contributed by atoms with Crippen LogP contribution in [0.5, 0.6) is 0 Å². The molecule has 1 heterocycles. The molecule has 0 aliphatic carbocycles. The molecule has 1 saturated heterocycles. The van der Waals surface area contributed by atoms with E-state index in [0.717, 1.165) is 19.5 Å². The molecule has 4 nitrogen and oxygen atoms in total. The van der Waals surface area contributed by atoms with Crippen LogP contribution in [0.1, 0.15) is 13.3 Å². The Bertz CT molecular complexity index is 184. The second-order valence-electron chi connectivity index (χ2n) is 3.66. The largest absolute Gasteiger partial charge is 0.468 e. The number of nitrogens with two attached hydrogens (primary N) is 1. The van der Waals surface area contributed by atoms with Crippen LogP contribution in [0.4, 0.5) is 0 Å². The van der Waals surface area contributed by atoms with Crippen LogP contribution < -0.4 is 5.73 Å². The van der Waals surface area contributed by atoms with E-state index in [0.29, 0.717) is 12.5 Å². The van der Waals surface area contributed by atoms with Gasteiger partial charge in [-0.1, -0.05) is 6.92 Å². The molecule has 13 heavy (non-hydrogen) atoms. The molecule has 0 radical (unpaired) electrons. The first kappa shape index (κ1) is 10.5. The monoisotopic (exact) mass is 186 g/mol. The Balaban J connectivity index is 2.51. The molecular formula is C9H18N2O2. The van der Waals surface area contributed by atoms with Gasteiger partial charge in [-0.3, -0.25) is 9.69 Å². The third kappa shape index (κ3) is 2.42. The zero-order chi connectivity index (χ0) is 9.84. The van der Waals surface area contributed by atoms with Crippen LogP contribution >= 0.6 is 0 Å². The lowest BCUT2D eigenvalue weighted by Gasteiger charge is -2.23. The summed E-state index contributed by atoms with van der Waals surface area (Å²) in [5.41, 5.74) is 5.53. The van der Waals surface area contributed by atoms with Crippen LogP contribution in [0.3, 0.4) is 0 Å². The lowest BCUT2D eigenvalue weighted by atomic mass is 10.2. The van der Waals surface area contributed by atoms with Crippen molar-refractivity contribution in [3.63, 3.8) is 0 Å². The summed E-state index contributed by atoms with van der Waals surface area (Å²) < 4.78 is 4.69. The summed E-state index contributed by atoms with van der Waals surface area (Å²) in [6.07, 6.45) is 1.15. The standard InChI is InChI=1S/C9H18N2O2/c1-7-3-4-11(6-7)8(5-10)9(12)13-2/h7-8H,3-6,10H2,1-2H3. The zero-order valence-corrected chi connectivity index (χ0v) is 8.32. The molecule has 0 amide bonds. The molecule has 2 unspecified atom stereocenters. The van der Waals surface area contributed by atoms with Gasteiger partial charge in [-0.05, 0) is 18.9 Å². The van der Waals surface area contributed by atoms with Crippen LogP contribution in [0, 0.1) is 5.92 Å². The number of esters is 1. The van der Waals surface area contributed by atoms with E-state index in [-0.39, 0.29) is 12.0 Å². The Morgan fingerprint density at radius 3 is 2.85 bits per heavy atom. The molecule has 1 rings (SSSR count). The normalized spacial score (nSPS) is 25.9. The molecule has 0 spiro atoms. The fraction of sp³-hybridized carbons (Fsp3) is 0.889. The number of hydrogen-bond donors (Lipinski definition) is 1. The van der Waals surface area contributed by atoms with Crippen LogP contribution in [-0.2, 0) is 9.53 Å². The number of methoxy groups -OCH3 is 1. The van der Waals surface area contributed by atoms with Gasteiger partial charge in [0, 0.05) is 13.1 Å². The van der Waals surface area contributed by atoms with Crippen molar-refractivity contribution in [2.75, 3.05) is 26.7 Å². The first-order valence-electron chi connectivity index (χ1n) is 4.71. The van der Waals surface area contributed by atoms with E-state index >= 15 is 0 Å². The number of hydrogen-bond acceptors (Lipinski definition) is 4. The Hall–Kier alpha value is -0.610. The van der Waals surface area contributed by atoms with Crippen molar-refractivity contribution >= 4 is 5.97 Å². The molecule has 2 atom stereocenters. The predicted molar refractivity (Wildman–Crippen MR) is 50.2 cm³/mol. The van der Waals surface area contributed by atoms with E-state index in [4.69, 9.17) is 10.5 Å². The topological polar surface area (TPSA) is 55.6 Å². The maximum atomic E-state index is 11.3. The van der Waals surface area contributed by atoms with Crippen LogP contribution in [-0.4, -0.2) is 43.7 Å². The van der Waals surface area contributed by atoms with Crippen molar-refractivity contribution in [2.45, 2.75) is 19.4 Å². The zero-order valence-electron chi connectivity index (χ0n) is 8.32. The van der Waals surface area contributed by atoms with Crippen LogP contribution in [0.2, 0.25) is 0 Å². The number of rotatable bonds is 3. The summed E-state index contributed by atoms with van der Waals surface area (Å²) >= 11 is 0. The van der Waals surface area contributed by atoms with Crippen LogP contribution in [0.15, 0.2) is 0 Å². The van der Waals surface area contributed by atoms with Gasteiger partial charge >= 0.3 is 5.97 Å². The van der Waals surface area contributed by atoms with E-state index in [1.54, 1.807) is 0 Å². The van der Waals surface area contributed by atoms with Crippen molar-refractivity contribution in [1.29, 1.82) is 0 Å². The summed E-state index contributed by atoms with van der Waals surface area (Å²) in [5.74, 6) is 0.454. The molecule has 0 bridgehead atoms. The van der Waals surface area contributed by atoms with Gasteiger partial charge in [0.25, 0.3) is 0 Å². The number of carbonyl (C=O) groups excluding carboxylic acids is 1. The first-order valence-corrected chi connectivity index (χ1v) is 4.71. The molecule has 0 aromatic rings. The maximum Gasteiger partial charge on any atom is 0.324 e. The summed E-state index contributed by atoms with van der Waals surface area (Å²) in [7, 11) is 1.41. The van der Waals surface area contributed by atoms with E-state index in [1.165, 1.54) is 7.11 Å².